The molecular formula is C11H17NOS. The van der Waals surface area contributed by atoms with E-state index in [0.29, 0.717) is 6.04 Å². The van der Waals surface area contributed by atoms with Crippen LogP contribution in [0.1, 0.15) is 17.4 Å². The fourth-order valence-corrected chi connectivity index (χ4v) is 2.88. The molecule has 2 heterocycles. The molecule has 14 heavy (non-hydrogen) atoms. The maximum atomic E-state index is 5.19. The largest absolute Gasteiger partial charge is 0.383 e. The van der Waals surface area contributed by atoms with Crippen LogP contribution in [0.4, 0.5) is 0 Å². The normalized spacial score (nSPS) is 19.3. The zero-order valence-corrected chi connectivity index (χ0v) is 9.64. The number of nitrogens with zero attached hydrogens (tertiary/aromatic N) is 1. The molecule has 0 radical (unpaired) electrons. The van der Waals surface area contributed by atoms with Gasteiger partial charge in [0.1, 0.15) is 0 Å². The Morgan fingerprint density at radius 3 is 3.29 bits per heavy atom. The number of hydrogen-bond acceptors (Lipinski definition) is 3. The first kappa shape index (κ1) is 10.1. The Kier molecular flexibility index (Phi) is 3.21. The molecule has 0 bridgehead atoms. The second-order valence-corrected chi connectivity index (χ2v) is 4.89. The maximum Gasteiger partial charge on any atom is 0.0615 e. The second-order valence-electron chi connectivity index (χ2n) is 3.89. The number of rotatable bonds is 3. The fourth-order valence-electron chi connectivity index (χ4n) is 1.99. The summed E-state index contributed by atoms with van der Waals surface area (Å²) in [4.78, 5) is 4.07. The highest BCUT2D eigenvalue weighted by Crippen LogP contribution is 2.24. The van der Waals surface area contributed by atoms with Gasteiger partial charge in [-0.05, 0) is 30.4 Å². The minimum atomic E-state index is 0.535. The van der Waals surface area contributed by atoms with Crippen LogP contribution in [-0.2, 0) is 17.7 Å². The van der Waals surface area contributed by atoms with E-state index in [0.717, 1.165) is 13.2 Å². The first-order valence-electron chi connectivity index (χ1n) is 5.09. The average Bonchev–Trinajstić information content (AvgIpc) is 2.64. The molecule has 1 unspecified atom stereocenters. The topological polar surface area (TPSA) is 12.5 Å². The van der Waals surface area contributed by atoms with Gasteiger partial charge in [0.25, 0.3) is 0 Å². The van der Waals surface area contributed by atoms with Crippen molar-refractivity contribution in [1.82, 2.24) is 4.90 Å². The Labute approximate surface area is 89.5 Å². The number of ether oxygens (including phenoxy) is 1. The minimum Gasteiger partial charge on any atom is -0.383 e. The monoisotopic (exact) mass is 211 g/mol. The van der Waals surface area contributed by atoms with Crippen molar-refractivity contribution in [2.75, 3.05) is 20.3 Å². The quantitative estimate of drug-likeness (QED) is 0.759. The second kappa shape index (κ2) is 4.43. The lowest BCUT2D eigenvalue weighted by molar-refractivity contribution is 0.0914. The SMILES string of the molecule is COCC(C)N1CCc2sccc2C1. The third-order valence-electron chi connectivity index (χ3n) is 2.87. The lowest BCUT2D eigenvalue weighted by atomic mass is 10.1. The van der Waals surface area contributed by atoms with E-state index in [1.54, 1.807) is 12.0 Å². The highest BCUT2D eigenvalue weighted by Gasteiger charge is 2.20. The molecule has 78 valence electrons. The van der Waals surface area contributed by atoms with Gasteiger partial charge >= 0.3 is 0 Å². The molecule has 3 heteroatoms. The molecule has 0 N–H and O–H groups in total. The van der Waals surface area contributed by atoms with Gasteiger partial charge in [0.05, 0.1) is 6.61 Å². The minimum absolute atomic E-state index is 0.535. The highest BCUT2D eigenvalue weighted by atomic mass is 32.1. The summed E-state index contributed by atoms with van der Waals surface area (Å²) in [6.45, 7) is 5.35. The molecule has 1 aliphatic rings. The molecule has 0 aromatic carbocycles. The Hall–Kier alpha value is -0.380. The number of hydrogen-bond donors (Lipinski definition) is 0. The predicted octanol–water partition coefficient (Wildman–Crippen LogP) is 2.14. The zero-order valence-electron chi connectivity index (χ0n) is 8.82. The van der Waals surface area contributed by atoms with E-state index in [2.05, 4.69) is 23.3 Å². The first-order chi connectivity index (χ1) is 6.81. The smallest absolute Gasteiger partial charge is 0.0615 e. The number of methoxy groups -OCH3 is 1. The van der Waals surface area contributed by atoms with Crippen LogP contribution in [0.3, 0.4) is 0 Å². The molecule has 0 spiro atoms. The summed E-state index contributed by atoms with van der Waals surface area (Å²) in [5.41, 5.74) is 1.52. The van der Waals surface area contributed by atoms with Crippen LogP contribution in [0.2, 0.25) is 0 Å². The number of fused-ring (bicyclic) bond motifs is 1. The summed E-state index contributed by atoms with van der Waals surface area (Å²) in [5, 5.41) is 2.20. The van der Waals surface area contributed by atoms with Gasteiger partial charge in [-0.3, -0.25) is 4.90 Å². The van der Waals surface area contributed by atoms with E-state index in [-0.39, 0.29) is 0 Å². The predicted molar refractivity (Wildman–Crippen MR) is 59.8 cm³/mol. The highest BCUT2D eigenvalue weighted by molar-refractivity contribution is 7.10. The van der Waals surface area contributed by atoms with E-state index >= 15 is 0 Å². The molecule has 0 amide bonds. The average molecular weight is 211 g/mol. The molecule has 1 aliphatic heterocycles. The third kappa shape index (κ3) is 2.00. The fraction of sp³-hybridized carbons (Fsp3) is 0.636. The summed E-state index contributed by atoms with van der Waals surface area (Å²) in [7, 11) is 1.77. The van der Waals surface area contributed by atoms with Crippen molar-refractivity contribution < 1.29 is 4.74 Å². The Morgan fingerprint density at radius 1 is 1.64 bits per heavy atom. The van der Waals surface area contributed by atoms with Crippen molar-refractivity contribution in [3.8, 4) is 0 Å². The van der Waals surface area contributed by atoms with Crippen molar-refractivity contribution in [1.29, 1.82) is 0 Å². The van der Waals surface area contributed by atoms with E-state index in [4.69, 9.17) is 4.74 Å². The molecule has 0 saturated heterocycles. The van der Waals surface area contributed by atoms with Gasteiger partial charge in [-0.15, -0.1) is 11.3 Å². The maximum absolute atomic E-state index is 5.19. The van der Waals surface area contributed by atoms with E-state index < -0.39 is 0 Å². The Balaban J connectivity index is 2.00. The summed E-state index contributed by atoms with van der Waals surface area (Å²) in [5.74, 6) is 0. The van der Waals surface area contributed by atoms with Crippen LogP contribution >= 0.6 is 11.3 Å². The van der Waals surface area contributed by atoms with Gasteiger partial charge in [0.15, 0.2) is 0 Å². The molecule has 1 aromatic heterocycles. The lowest BCUT2D eigenvalue weighted by Gasteiger charge is -2.31. The van der Waals surface area contributed by atoms with Crippen molar-refractivity contribution >= 4 is 11.3 Å². The third-order valence-corrected chi connectivity index (χ3v) is 3.89. The summed E-state index contributed by atoms with van der Waals surface area (Å²) < 4.78 is 5.19. The molecular weight excluding hydrogens is 194 g/mol. The van der Waals surface area contributed by atoms with Gasteiger partial charge in [-0.2, -0.15) is 0 Å². The van der Waals surface area contributed by atoms with Crippen LogP contribution < -0.4 is 0 Å². The van der Waals surface area contributed by atoms with Gasteiger partial charge < -0.3 is 4.74 Å². The zero-order chi connectivity index (χ0) is 9.97. The molecule has 2 nitrogen and oxygen atoms in total. The summed E-state index contributed by atoms with van der Waals surface area (Å²) >= 11 is 1.89. The van der Waals surface area contributed by atoms with Crippen LogP contribution in [0.5, 0.6) is 0 Å². The number of thiophene rings is 1. The van der Waals surface area contributed by atoms with Crippen LogP contribution in [0.25, 0.3) is 0 Å². The van der Waals surface area contributed by atoms with Gasteiger partial charge in [0, 0.05) is 31.1 Å². The van der Waals surface area contributed by atoms with Crippen molar-refractivity contribution in [3.05, 3.63) is 21.9 Å². The molecule has 2 rings (SSSR count). The molecule has 0 fully saturated rings. The Bertz CT molecular complexity index is 297. The molecule has 1 atom stereocenters. The summed E-state index contributed by atoms with van der Waals surface area (Å²) in [6, 6.07) is 2.79. The van der Waals surface area contributed by atoms with Gasteiger partial charge in [-0.25, -0.2) is 0 Å². The van der Waals surface area contributed by atoms with Crippen LogP contribution in [0, 0.1) is 0 Å². The molecule has 1 aromatic rings. The van der Waals surface area contributed by atoms with Crippen LogP contribution in [0.15, 0.2) is 11.4 Å². The van der Waals surface area contributed by atoms with Gasteiger partial charge in [0.2, 0.25) is 0 Å². The van der Waals surface area contributed by atoms with Crippen molar-refractivity contribution in [2.45, 2.75) is 25.9 Å². The molecule has 0 aliphatic carbocycles. The molecule has 0 saturated carbocycles. The van der Waals surface area contributed by atoms with Crippen LogP contribution in [-0.4, -0.2) is 31.2 Å². The van der Waals surface area contributed by atoms with E-state index in [1.165, 1.54) is 18.5 Å². The lowest BCUT2D eigenvalue weighted by Crippen LogP contribution is -2.39. The first-order valence-corrected chi connectivity index (χ1v) is 5.97. The summed E-state index contributed by atoms with van der Waals surface area (Å²) in [6.07, 6.45) is 1.21. The van der Waals surface area contributed by atoms with Crippen molar-refractivity contribution in [3.63, 3.8) is 0 Å². The van der Waals surface area contributed by atoms with E-state index in [1.807, 2.05) is 11.3 Å². The van der Waals surface area contributed by atoms with E-state index in [9.17, 15) is 0 Å². The van der Waals surface area contributed by atoms with Crippen molar-refractivity contribution in [2.24, 2.45) is 0 Å². The standard InChI is InChI=1S/C11H17NOS/c1-9(8-13-2)12-5-3-11-10(7-12)4-6-14-11/h4,6,9H,3,5,7-8H2,1-2H3. The Morgan fingerprint density at radius 2 is 2.50 bits per heavy atom. The van der Waals surface area contributed by atoms with Gasteiger partial charge in [-0.1, -0.05) is 0 Å².